The van der Waals surface area contributed by atoms with Gasteiger partial charge in [0.15, 0.2) is 0 Å². The van der Waals surface area contributed by atoms with E-state index in [0.29, 0.717) is 24.9 Å². The summed E-state index contributed by atoms with van der Waals surface area (Å²) in [7, 11) is 7.88. The summed E-state index contributed by atoms with van der Waals surface area (Å²) < 4.78 is 3.19. The lowest BCUT2D eigenvalue weighted by atomic mass is 9.84. The van der Waals surface area contributed by atoms with Crippen molar-refractivity contribution >= 4 is 40.1 Å². The summed E-state index contributed by atoms with van der Waals surface area (Å²) in [5.41, 5.74) is 12.1. The van der Waals surface area contributed by atoms with Gasteiger partial charge in [0, 0.05) is 77.9 Å². The Kier molecular flexibility index (Phi) is 8.12. The number of anilines is 2. The van der Waals surface area contributed by atoms with Gasteiger partial charge in [0.2, 0.25) is 11.8 Å². The van der Waals surface area contributed by atoms with Crippen LogP contribution < -0.4 is 21.6 Å². The number of nitrogen functional groups attached to an aromatic ring is 1. The Balaban J connectivity index is 0.922. The van der Waals surface area contributed by atoms with Gasteiger partial charge in [0.05, 0.1) is 22.4 Å². The average Bonchev–Trinajstić information content (AvgIpc) is 3.46. The fourth-order valence-electron chi connectivity index (χ4n) is 8.34. The Bertz CT molecular complexity index is 1800. The van der Waals surface area contributed by atoms with Crippen molar-refractivity contribution in [3.8, 4) is 0 Å². The molecule has 12 nitrogen and oxygen atoms in total. The van der Waals surface area contributed by atoms with Gasteiger partial charge in [-0.15, -0.1) is 0 Å². The molecule has 2 aromatic carbocycles. The van der Waals surface area contributed by atoms with Crippen molar-refractivity contribution in [1.29, 1.82) is 0 Å². The van der Waals surface area contributed by atoms with E-state index in [-0.39, 0.29) is 30.0 Å². The number of carbonyl (C=O) groups is 3. The summed E-state index contributed by atoms with van der Waals surface area (Å²) in [6.07, 6.45) is 4.86. The number of likely N-dealkylation sites (N-methyl/N-ethyl adjacent to an activating group) is 1. The third-order valence-electron chi connectivity index (χ3n) is 11.0. The highest BCUT2D eigenvalue weighted by molar-refractivity contribution is 6.01. The van der Waals surface area contributed by atoms with Crippen LogP contribution in [-0.2, 0) is 29.7 Å². The van der Waals surface area contributed by atoms with Crippen LogP contribution in [-0.4, -0.2) is 94.4 Å². The van der Waals surface area contributed by atoms with Crippen LogP contribution in [0.25, 0.3) is 11.0 Å². The van der Waals surface area contributed by atoms with Crippen molar-refractivity contribution in [3.05, 3.63) is 57.5 Å². The molecule has 3 aliphatic heterocycles. The lowest BCUT2D eigenvalue weighted by Crippen LogP contribution is -2.58. The first-order valence-corrected chi connectivity index (χ1v) is 16.9. The van der Waals surface area contributed by atoms with Crippen LogP contribution in [0.4, 0.5) is 11.4 Å². The van der Waals surface area contributed by atoms with Crippen LogP contribution in [0.2, 0.25) is 0 Å². The van der Waals surface area contributed by atoms with Gasteiger partial charge in [0.25, 0.3) is 5.91 Å². The molecule has 3 fully saturated rings. The zero-order chi connectivity index (χ0) is 33.1. The molecule has 3 amide bonds. The normalized spacial score (nSPS) is 23.8. The number of para-hydroxylation sites is 1. The number of fused-ring (bicyclic) bond motifs is 2. The molecule has 1 atom stereocenters. The summed E-state index contributed by atoms with van der Waals surface area (Å²) in [6.45, 7) is 4.36. The summed E-state index contributed by atoms with van der Waals surface area (Å²) in [5, 5.41) is 2.38. The number of benzene rings is 2. The van der Waals surface area contributed by atoms with Crippen LogP contribution in [0.5, 0.6) is 0 Å². The van der Waals surface area contributed by atoms with E-state index >= 15 is 0 Å². The van der Waals surface area contributed by atoms with Gasteiger partial charge < -0.3 is 20.4 Å². The summed E-state index contributed by atoms with van der Waals surface area (Å²) in [6, 6.07) is 9.91. The van der Waals surface area contributed by atoms with E-state index in [9.17, 15) is 19.2 Å². The van der Waals surface area contributed by atoms with Gasteiger partial charge in [0.1, 0.15) is 6.04 Å². The number of aryl methyl sites for hydroxylation is 1. The molecule has 1 aliphatic carbocycles. The second-order valence-corrected chi connectivity index (χ2v) is 14.3. The largest absolute Gasteiger partial charge is 0.397 e. The molecule has 0 radical (unpaired) electrons. The number of nitrogens with one attached hydrogen (secondary N) is 1. The van der Waals surface area contributed by atoms with E-state index in [1.165, 1.54) is 0 Å². The maximum Gasteiger partial charge on any atom is 0.329 e. The van der Waals surface area contributed by atoms with E-state index in [2.05, 4.69) is 33.1 Å². The minimum absolute atomic E-state index is 0.140. The van der Waals surface area contributed by atoms with Gasteiger partial charge in [-0.3, -0.25) is 33.7 Å². The smallest absolute Gasteiger partial charge is 0.329 e. The third-order valence-corrected chi connectivity index (χ3v) is 11.0. The standard InChI is InChI=1S/C35H46N8O4/c1-38(2)30-15-26-23(14-27(30)36)18-42(34(26)46)24-10-8-21(9-11-24)16-39(3)25-19-41(20-25)17-22-6-5-7-28-32(22)40(4)35(47)43(28)29-12-13-31(44)37-33(29)45/h5-7,14-15,21,24-25,29H,8-13,16-20,36H2,1-4H3,(H,37,44,45). The first-order valence-electron chi connectivity index (χ1n) is 16.9. The van der Waals surface area contributed by atoms with E-state index in [1.807, 2.05) is 43.3 Å². The highest BCUT2D eigenvalue weighted by Crippen LogP contribution is 2.37. The minimum Gasteiger partial charge on any atom is -0.397 e. The zero-order valence-corrected chi connectivity index (χ0v) is 27.9. The molecule has 1 unspecified atom stereocenters. The lowest BCUT2D eigenvalue weighted by Gasteiger charge is -2.46. The predicted octanol–water partition coefficient (Wildman–Crippen LogP) is 2.30. The number of rotatable bonds is 8. The third kappa shape index (κ3) is 5.61. The zero-order valence-electron chi connectivity index (χ0n) is 27.9. The number of nitrogens with zero attached hydrogens (tertiary/aromatic N) is 6. The average molecular weight is 643 g/mol. The number of hydrogen-bond donors (Lipinski definition) is 2. The van der Waals surface area contributed by atoms with Gasteiger partial charge in [-0.2, -0.15) is 0 Å². The van der Waals surface area contributed by atoms with E-state index in [1.54, 1.807) is 16.2 Å². The number of carbonyl (C=O) groups excluding carboxylic acids is 3. The highest BCUT2D eigenvalue weighted by atomic mass is 16.2. The lowest BCUT2D eigenvalue weighted by molar-refractivity contribution is -0.135. The monoisotopic (exact) mass is 642 g/mol. The second-order valence-electron chi connectivity index (χ2n) is 14.3. The minimum atomic E-state index is -0.681. The molecule has 0 spiro atoms. The van der Waals surface area contributed by atoms with E-state index in [0.717, 1.165) is 91.0 Å². The molecule has 7 rings (SSSR count). The summed E-state index contributed by atoms with van der Waals surface area (Å²) in [4.78, 5) is 59.9. The fraction of sp³-hybridized carbons (Fsp3) is 0.543. The number of aromatic nitrogens is 2. The fourth-order valence-corrected chi connectivity index (χ4v) is 8.34. The molecular formula is C35H46N8O4. The number of imidazole rings is 1. The van der Waals surface area contributed by atoms with Gasteiger partial charge >= 0.3 is 5.69 Å². The first kappa shape index (κ1) is 31.4. The van der Waals surface area contributed by atoms with Gasteiger partial charge in [-0.1, -0.05) is 12.1 Å². The van der Waals surface area contributed by atoms with Crippen LogP contribution in [0.15, 0.2) is 35.1 Å². The van der Waals surface area contributed by atoms with E-state index < -0.39 is 11.9 Å². The molecule has 47 heavy (non-hydrogen) atoms. The molecule has 250 valence electrons. The Morgan fingerprint density at radius 1 is 0.979 bits per heavy atom. The maximum atomic E-state index is 13.4. The number of amides is 3. The van der Waals surface area contributed by atoms with Crippen molar-refractivity contribution in [1.82, 2.24) is 29.2 Å². The van der Waals surface area contributed by atoms with Crippen molar-refractivity contribution in [2.45, 2.75) is 69.7 Å². The van der Waals surface area contributed by atoms with Gasteiger partial charge in [-0.25, -0.2) is 4.79 Å². The number of imide groups is 1. The number of hydrogen-bond acceptors (Lipinski definition) is 8. The van der Waals surface area contributed by atoms with Crippen LogP contribution in [0.1, 0.15) is 66.1 Å². The topological polar surface area (TPSA) is 129 Å². The predicted molar refractivity (Wildman–Crippen MR) is 181 cm³/mol. The van der Waals surface area contributed by atoms with Crippen molar-refractivity contribution in [2.75, 3.05) is 51.4 Å². The first-order chi connectivity index (χ1) is 22.5. The van der Waals surface area contributed by atoms with Crippen LogP contribution in [0.3, 0.4) is 0 Å². The van der Waals surface area contributed by atoms with Gasteiger partial charge in [-0.05, 0) is 74.4 Å². The maximum absolute atomic E-state index is 13.4. The summed E-state index contributed by atoms with van der Waals surface area (Å²) in [5.74, 6) is 0.0568. The van der Waals surface area contributed by atoms with Crippen molar-refractivity contribution in [3.63, 3.8) is 0 Å². The molecule has 1 aromatic heterocycles. The van der Waals surface area contributed by atoms with Crippen LogP contribution >= 0.6 is 0 Å². The SMILES string of the molecule is CN(C)c1cc2c(cc1N)CN(C1CCC(CN(C)C3CN(Cc4cccc5c4n(C)c(=O)n5C4CCC(=O)NC4=O)C3)CC1)C2=O. The second kappa shape index (κ2) is 12.1. The molecular weight excluding hydrogens is 596 g/mol. The molecule has 2 saturated heterocycles. The summed E-state index contributed by atoms with van der Waals surface area (Å²) >= 11 is 0. The molecule has 3 aromatic rings. The molecule has 0 bridgehead atoms. The molecule has 4 aliphatic rings. The Morgan fingerprint density at radius 2 is 1.72 bits per heavy atom. The number of piperidine rings is 1. The van der Waals surface area contributed by atoms with Crippen molar-refractivity contribution in [2.24, 2.45) is 13.0 Å². The highest BCUT2D eigenvalue weighted by Gasteiger charge is 2.37. The number of likely N-dealkylation sites (tertiary alicyclic amines) is 1. The Morgan fingerprint density at radius 3 is 2.43 bits per heavy atom. The molecule has 12 heteroatoms. The molecule has 4 heterocycles. The molecule has 3 N–H and O–H groups in total. The van der Waals surface area contributed by atoms with Crippen LogP contribution in [0, 0.1) is 5.92 Å². The Labute approximate surface area is 275 Å². The number of nitrogens with two attached hydrogens (primary N) is 1. The molecule has 1 saturated carbocycles. The van der Waals surface area contributed by atoms with E-state index in [4.69, 9.17) is 5.73 Å². The quantitative estimate of drug-likeness (QED) is 0.283. The Hall–Kier alpha value is -4.16. The van der Waals surface area contributed by atoms with Crippen molar-refractivity contribution < 1.29 is 14.4 Å².